The number of hydrogen-bond donors (Lipinski definition) is 1. The first-order chi connectivity index (χ1) is 7.59. The quantitative estimate of drug-likeness (QED) is 0.841. The van der Waals surface area contributed by atoms with Gasteiger partial charge in [0.2, 0.25) is 0 Å². The van der Waals surface area contributed by atoms with Crippen LogP contribution < -0.4 is 5.32 Å². The van der Waals surface area contributed by atoms with E-state index in [-0.39, 0.29) is 5.54 Å². The van der Waals surface area contributed by atoms with Gasteiger partial charge in [-0.1, -0.05) is 0 Å². The Morgan fingerprint density at radius 1 is 1.50 bits per heavy atom. The second-order valence-corrected chi connectivity index (χ2v) is 4.94. The Balaban J connectivity index is 1.93. The maximum absolute atomic E-state index is 5.39. The molecule has 0 bridgehead atoms. The normalized spacial score (nSPS) is 19.9. The summed E-state index contributed by atoms with van der Waals surface area (Å²) in [7, 11) is 1.96. The monoisotopic (exact) mass is 223 g/mol. The van der Waals surface area contributed by atoms with Crippen LogP contribution in [0.25, 0.3) is 0 Å². The molecular formula is C12H21N3O. The molecule has 0 unspecified atom stereocenters. The lowest BCUT2D eigenvalue weighted by Gasteiger charge is -2.34. The lowest BCUT2D eigenvalue weighted by atomic mass is 9.92. The van der Waals surface area contributed by atoms with Crippen molar-refractivity contribution in [3.8, 4) is 0 Å². The summed E-state index contributed by atoms with van der Waals surface area (Å²) in [5.41, 5.74) is 2.63. The zero-order valence-electron chi connectivity index (χ0n) is 10.4. The Labute approximate surface area is 97.0 Å². The fourth-order valence-corrected chi connectivity index (χ4v) is 2.13. The Morgan fingerprint density at radius 3 is 2.75 bits per heavy atom. The molecule has 16 heavy (non-hydrogen) atoms. The zero-order chi connectivity index (χ0) is 11.6. The highest BCUT2D eigenvalue weighted by Crippen LogP contribution is 2.20. The molecular weight excluding hydrogens is 202 g/mol. The summed E-state index contributed by atoms with van der Waals surface area (Å²) < 4.78 is 7.26. The van der Waals surface area contributed by atoms with Crippen molar-refractivity contribution in [2.24, 2.45) is 7.05 Å². The molecule has 4 heteroatoms. The van der Waals surface area contributed by atoms with E-state index in [0.717, 1.165) is 38.3 Å². The van der Waals surface area contributed by atoms with Crippen molar-refractivity contribution in [3.63, 3.8) is 0 Å². The summed E-state index contributed by atoms with van der Waals surface area (Å²) >= 11 is 0. The number of rotatable bonds is 3. The lowest BCUT2D eigenvalue weighted by Crippen LogP contribution is -2.46. The van der Waals surface area contributed by atoms with Crippen molar-refractivity contribution < 1.29 is 4.74 Å². The van der Waals surface area contributed by atoms with E-state index in [4.69, 9.17) is 4.74 Å². The smallest absolute Gasteiger partial charge is 0.0638 e. The van der Waals surface area contributed by atoms with Gasteiger partial charge in [0.15, 0.2) is 0 Å². The maximum Gasteiger partial charge on any atom is 0.0638 e. The van der Waals surface area contributed by atoms with Crippen LogP contribution >= 0.6 is 0 Å². The van der Waals surface area contributed by atoms with Gasteiger partial charge in [-0.25, -0.2) is 0 Å². The van der Waals surface area contributed by atoms with Gasteiger partial charge in [0.25, 0.3) is 0 Å². The first kappa shape index (κ1) is 11.6. The number of hydrogen-bond acceptors (Lipinski definition) is 3. The predicted octanol–water partition coefficient (Wildman–Crippen LogP) is 1.39. The zero-order valence-corrected chi connectivity index (χ0v) is 10.4. The highest BCUT2D eigenvalue weighted by molar-refractivity contribution is 5.15. The molecule has 90 valence electrons. The molecule has 1 aromatic heterocycles. The average Bonchev–Trinajstić information content (AvgIpc) is 2.56. The summed E-state index contributed by atoms with van der Waals surface area (Å²) in [6.07, 6.45) is 4.27. The number of nitrogens with one attached hydrogen (secondary N) is 1. The van der Waals surface area contributed by atoms with Gasteiger partial charge >= 0.3 is 0 Å². The van der Waals surface area contributed by atoms with E-state index in [0.29, 0.717) is 0 Å². The fraction of sp³-hybridized carbons (Fsp3) is 0.750. The van der Waals surface area contributed by atoms with Gasteiger partial charge in [-0.15, -0.1) is 0 Å². The SMILES string of the molecule is Cc1nn(C)cc1CNC1(C)CCOCC1. The van der Waals surface area contributed by atoms with E-state index in [1.54, 1.807) is 0 Å². The Kier molecular flexibility index (Phi) is 3.30. The molecule has 1 aliphatic heterocycles. The fourth-order valence-electron chi connectivity index (χ4n) is 2.13. The van der Waals surface area contributed by atoms with E-state index >= 15 is 0 Å². The van der Waals surface area contributed by atoms with Gasteiger partial charge < -0.3 is 10.1 Å². The van der Waals surface area contributed by atoms with Crippen LogP contribution in [0, 0.1) is 6.92 Å². The van der Waals surface area contributed by atoms with Crippen molar-refractivity contribution in [2.45, 2.75) is 38.8 Å². The molecule has 0 saturated carbocycles. The first-order valence-corrected chi connectivity index (χ1v) is 5.91. The molecule has 0 amide bonds. The van der Waals surface area contributed by atoms with Gasteiger partial charge in [0.05, 0.1) is 5.69 Å². The molecule has 4 nitrogen and oxygen atoms in total. The van der Waals surface area contributed by atoms with Crippen molar-refractivity contribution in [3.05, 3.63) is 17.5 Å². The molecule has 0 aromatic carbocycles. The summed E-state index contributed by atoms with van der Waals surface area (Å²) in [6, 6.07) is 0. The lowest BCUT2D eigenvalue weighted by molar-refractivity contribution is 0.0446. The third kappa shape index (κ3) is 2.62. The van der Waals surface area contributed by atoms with Gasteiger partial charge in [0, 0.05) is 44.1 Å². The van der Waals surface area contributed by atoms with E-state index in [1.807, 2.05) is 11.7 Å². The molecule has 1 aromatic rings. The molecule has 1 aliphatic rings. The standard InChI is InChI=1S/C12H21N3O/c1-10-11(9-15(3)14-10)8-13-12(2)4-6-16-7-5-12/h9,13H,4-8H2,1-3H3. The van der Waals surface area contributed by atoms with Crippen molar-refractivity contribution in [2.75, 3.05) is 13.2 Å². The van der Waals surface area contributed by atoms with Crippen molar-refractivity contribution in [1.29, 1.82) is 0 Å². The third-order valence-corrected chi connectivity index (χ3v) is 3.42. The summed E-state index contributed by atoms with van der Waals surface area (Å²) in [4.78, 5) is 0. The van der Waals surface area contributed by atoms with Crippen LogP contribution in [0.3, 0.4) is 0 Å². The number of aryl methyl sites for hydroxylation is 2. The molecule has 0 atom stereocenters. The number of nitrogens with zero attached hydrogens (tertiary/aromatic N) is 2. The van der Waals surface area contributed by atoms with Crippen LogP contribution in [0.2, 0.25) is 0 Å². The van der Waals surface area contributed by atoms with Crippen molar-refractivity contribution in [1.82, 2.24) is 15.1 Å². The molecule has 0 spiro atoms. The second kappa shape index (κ2) is 4.55. The Bertz CT molecular complexity index is 353. The molecule has 2 heterocycles. The first-order valence-electron chi connectivity index (χ1n) is 5.91. The molecule has 1 saturated heterocycles. The number of ether oxygens (including phenoxy) is 1. The molecule has 0 aliphatic carbocycles. The molecule has 1 N–H and O–H groups in total. The molecule has 2 rings (SSSR count). The van der Waals surface area contributed by atoms with E-state index < -0.39 is 0 Å². The van der Waals surface area contributed by atoms with E-state index in [1.165, 1.54) is 5.56 Å². The van der Waals surface area contributed by atoms with Crippen LogP contribution in [0.15, 0.2) is 6.20 Å². The molecule has 0 radical (unpaired) electrons. The minimum Gasteiger partial charge on any atom is -0.381 e. The highest BCUT2D eigenvalue weighted by Gasteiger charge is 2.26. The minimum atomic E-state index is 0.223. The Hall–Kier alpha value is -0.870. The maximum atomic E-state index is 5.39. The highest BCUT2D eigenvalue weighted by atomic mass is 16.5. The van der Waals surface area contributed by atoms with Crippen molar-refractivity contribution >= 4 is 0 Å². The largest absolute Gasteiger partial charge is 0.381 e. The van der Waals surface area contributed by atoms with Gasteiger partial charge in [-0.3, -0.25) is 4.68 Å². The topological polar surface area (TPSA) is 39.1 Å². The predicted molar refractivity (Wildman–Crippen MR) is 63.2 cm³/mol. The van der Waals surface area contributed by atoms with Crippen LogP contribution in [-0.2, 0) is 18.3 Å². The van der Waals surface area contributed by atoms with E-state index in [9.17, 15) is 0 Å². The van der Waals surface area contributed by atoms with Gasteiger partial charge in [-0.05, 0) is 26.7 Å². The van der Waals surface area contributed by atoms with E-state index in [2.05, 4.69) is 30.5 Å². The van der Waals surface area contributed by atoms with Gasteiger partial charge in [0.1, 0.15) is 0 Å². The van der Waals surface area contributed by atoms with Crippen LogP contribution in [-0.4, -0.2) is 28.5 Å². The summed E-state index contributed by atoms with van der Waals surface area (Å²) in [6.45, 7) is 6.98. The third-order valence-electron chi connectivity index (χ3n) is 3.42. The Morgan fingerprint density at radius 2 is 2.19 bits per heavy atom. The summed E-state index contributed by atoms with van der Waals surface area (Å²) in [5.74, 6) is 0. The second-order valence-electron chi connectivity index (χ2n) is 4.94. The van der Waals surface area contributed by atoms with Crippen LogP contribution in [0.1, 0.15) is 31.0 Å². The van der Waals surface area contributed by atoms with Crippen LogP contribution in [0.5, 0.6) is 0 Å². The summed E-state index contributed by atoms with van der Waals surface area (Å²) in [5, 5.41) is 7.98. The van der Waals surface area contributed by atoms with Crippen LogP contribution in [0.4, 0.5) is 0 Å². The van der Waals surface area contributed by atoms with Gasteiger partial charge in [-0.2, -0.15) is 5.10 Å². The molecule has 1 fully saturated rings. The average molecular weight is 223 g/mol. The minimum absolute atomic E-state index is 0.223. The number of aromatic nitrogens is 2.